The molecule has 0 aliphatic carbocycles. The van der Waals surface area contributed by atoms with Gasteiger partial charge in [0.1, 0.15) is 5.82 Å². The lowest BCUT2D eigenvalue weighted by atomic mass is 10.1. The molecule has 0 atom stereocenters. The van der Waals surface area contributed by atoms with Gasteiger partial charge in [-0.2, -0.15) is 0 Å². The van der Waals surface area contributed by atoms with Gasteiger partial charge in [-0.1, -0.05) is 24.3 Å². The second-order valence-electron chi connectivity index (χ2n) is 4.01. The Balaban J connectivity index is 2.19. The van der Waals surface area contributed by atoms with Gasteiger partial charge in [-0.3, -0.25) is 0 Å². The molecular formula is C15H9FIN. The highest BCUT2D eigenvalue weighted by atomic mass is 127. The van der Waals surface area contributed by atoms with E-state index in [-0.39, 0.29) is 5.82 Å². The SMILES string of the molecule is Fc1ccc(-c2ccc3ccccc3n2)c(I)c1. The van der Waals surface area contributed by atoms with E-state index >= 15 is 0 Å². The zero-order valence-electron chi connectivity index (χ0n) is 9.40. The van der Waals surface area contributed by atoms with Crippen molar-refractivity contribution in [3.8, 4) is 11.3 Å². The van der Waals surface area contributed by atoms with Gasteiger partial charge in [-0.25, -0.2) is 9.37 Å². The Kier molecular flexibility index (Phi) is 2.99. The number of para-hydroxylation sites is 1. The van der Waals surface area contributed by atoms with E-state index in [1.807, 2.05) is 36.4 Å². The lowest BCUT2D eigenvalue weighted by molar-refractivity contribution is 0.627. The van der Waals surface area contributed by atoms with Crippen molar-refractivity contribution in [3.63, 3.8) is 0 Å². The fraction of sp³-hybridized carbons (Fsp3) is 0. The van der Waals surface area contributed by atoms with Crippen molar-refractivity contribution < 1.29 is 4.39 Å². The molecule has 0 bridgehead atoms. The molecule has 1 nitrogen and oxygen atoms in total. The van der Waals surface area contributed by atoms with Gasteiger partial charge in [-0.05, 0) is 52.9 Å². The molecule has 1 aromatic heterocycles. The van der Waals surface area contributed by atoms with E-state index in [2.05, 4.69) is 27.6 Å². The van der Waals surface area contributed by atoms with Crippen molar-refractivity contribution in [2.24, 2.45) is 0 Å². The molecule has 0 fully saturated rings. The Hall–Kier alpha value is -1.49. The Bertz CT molecular complexity index is 725. The van der Waals surface area contributed by atoms with E-state index in [0.717, 1.165) is 25.7 Å². The van der Waals surface area contributed by atoms with Crippen LogP contribution in [-0.4, -0.2) is 4.98 Å². The van der Waals surface area contributed by atoms with Gasteiger partial charge in [0.05, 0.1) is 11.2 Å². The van der Waals surface area contributed by atoms with Crippen LogP contribution in [0, 0.1) is 9.39 Å². The third kappa shape index (κ3) is 2.10. The first-order valence-electron chi connectivity index (χ1n) is 5.55. The fourth-order valence-electron chi connectivity index (χ4n) is 1.91. The molecule has 0 saturated carbocycles. The van der Waals surface area contributed by atoms with E-state index < -0.39 is 0 Å². The normalized spacial score (nSPS) is 10.8. The highest BCUT2D eigenvalue weighted by Gasteiger charge is 2.06. The number of hydrogen-bond acceptors (Lipinski definition) is 1. The highest BCUT2D eigenvalue weighted by Crippen LogP contribution is 2.26. The monoisotopic (exact) mass is 349 g/mol. The number of hydrogen-bond donors (Lipinski definition) is 0. The van der Waals surface area contributed by atoms with E-state index in [1.165, 1.54) is 12.1 Å². The number of rotatable bonds is 1. The number of benzene rings is 2. The predicted molar refractivity (Wildman–Crippen MR) is 79.9 cm³/mol. The first kappa shape index (κ1) is 11.6. The molecule has 18 heavy (non-hydrogen) atoms. The van der Waals surface area contributed by atoms with Crippen LogP contribution in [0.2, 0.25) is 0 Å². The minimum atomic E-state index is -0.219. The number of halogens is 2. The van der Waals surface area contributed by atoms with Crippen molar-refractivity contribution in [1.82, 2.24) is 4.98 Å². The van der Waals surface area contributed by atoms with Gasteiger partial charge in [0.2, 0.25) is 0 Å². The summed E-state index contributed by atoms with van der Waals surface area (Å²) < 4.78 is 14.0. The van der Waals surface area contributed by atoms with Gasteiger partial charge < -0.3 is 0 Å². The van der Waals surface area contributed by atoms with Gasteiger partial charge >= 0.3 is 0 Å². The minimum absolute atomic E-state index is 0.219. The maximum atomic E-state index is 13.1. The Morgan fingerprint density at radius 2 is 1.78 bits per heavy atom. The topological polar surface area (TPSA) is 12.9 Å². The van der Waals surface area contributed by atoms with Crippen LogP contribution in [0.3, 0.4) is 0 Å². The van der Waals surface area contributed by atoms with Crippen molar-refractivity contribution in [2.45, 2.75) is 0 Å². The molecule has 0 aliphatic heterocycles. The molecule has 1 heterocycles. The van der Waals surface area contributed by atoms with Crippen molar-refractivity contribution in [1.29, 1.82) is 0 Å². The maximum Gasteiger partial charge on any atom is 0.124 e. The number of pyridine rings is 1. The molecule has 88 valence electrons. The van der Waals surface area contributed by atoms with Crippen LogP contribution in [0.1, 0.15) is 0 Å². The maximum absolute atomic E-state index is 13.1. The van der Waals surface area contributed by atoms with Gasteiger partial charge in [0.15, 0.2) is 0 Å². The van der Waals surface area contributed by atoms with Crippen molar-refractivity contribution >= 4 is 33.5 Å². The Labute approximate surface area is 118 Å². The third-order valence-corrected chi connectivity index (χ3v) is 3.70. The standard InChI is InChI=1S/C15H9FIN/c16-11-6-7-12(13(17)9-11)15-8-5-10-3-1-2-4-14(10)18-15/h1-9H. The van der Waals surface area contributed by atoms with Gasteiger partial charge in [0, 0.05) is 14.5 Å². The molecule has 0 aliphatic rings. The van der Waals surface area contributed by atoms with Crippen LogP contribution < -0.4 is 0 Å². The van der Waals surface area contributed by atoms with E-state index in [9.17, 15) is 4.39 Å². The van der Waals surface area contributed by atoms with Crippen LogP contribution in [0.5, 0.6) is 0 Å². The largest absolute Gasteiger partial charge is 0.248 e. The molecule has 0 N–H and O–H groups in total. The molecular weight excluding hydrogens is 340 g/mol. The number of aromatic nitrogens is 1. The van der Waals surface area contributed by atoms with Crippen LogP contribution in [0.15, 0.2) is 54.6 Å². The van der Waals surface area contributed by atoms with Crippen LogP contribution in [0.25, 0.3) is 22.2 Å². The first-order valence-corrected chi connectivity index (χ1v) is 6.63. The van der Waals surface area contributed by atoms with Crippen molar-refractivity contribution in [2.75, 3.05) is 0 Å². The average Bonchev–Trinajstić information content (AvgIpc) is 2.38. The molecule has 0 unspecified atom stereocenters. The predicted octanol–water partition coefficient (Wildman–Crippen LogP) is 4.65. The summed E-state index contributed by atoms with van der Waals surface area (Å²) in [6.45, 7) is 0. The van der Waals surface area contributed by atoms with E-state index in [0.29, 0.717) is 0 Å². The molecule has 3 aromatic rings. The number of nitrogens with zero attached hydrogens (tertiary/aromatic N) is 1. The summed E-state index contributed by atoms with van der Waals surface area (Å²) in [4.78, 5) is 4.61. The molecule has 3 rings (SSSR count). The quantitative estimate of drug-likeness (QED) is 0.583. The van der Waals surface area contributed by atoms with Crippen LogP contribution in [-0.2, 0) is 0 Å². The van der Waals surface area contributed by atoms with Gasteiger partial charge in [0.25, 0.3) is 0 Å². The van der Waals surface area contributed by atoms with Gasteiger partial charge in [-0.15, -0.1) is 0 Å². The zero-order chi connectivity index (χ0) is 12.5. The summed E-state index contributed by atoms with van der Waals surface area (Å²) in [6.07, 6.45) is 0. The molecule has 0 spiro atoms. The summed E-state index contributed by atoms with van der Waals surface area (Å²) in [7, 11) is 0. The average molecular weight is 349 g/mol. The molecule has 0 radical (unpaired) electrons. The van der Waals surface area contributed by atoms with Crippen molar-refractivity contribution in [3.05, 3.63) is 64.0 Å². The Morgan fingerprint density at radius 1 is 0.944 bits per heavy atom. The molecule has 0 saturated heterocycles. The number of fused-ring (bicyclic) bond motifs is 1. The van der Waals surface area contributed by atoms with E-state index in [4.69, 9.17) is 0 Å². The molecule has 0 amide bonds. The molecule has 3 heteroatoms. The smallest absolute Gasteiger partial charge is 0.124 e. The fourth-order valence-corrected chi connectivity index (χ4v) is 2.67. The summed E-state index contributed by atoms with van der Waals surface area (Å²) >= 11 is 2.13. The molecule has 2 aromatic carbocycles. The lowest BCUT2D eigenvalue weighted by Gasteiger charge is -2.05. The highest BCUT2D eigenvalue weighted by molar-refractivity contribution is 14.1. The zero-order valence-corrected chi connectivity index (χ0v) is 11.6. The summed E-state index contributed by atoms with van der Waals surface area (Å²) in [5.41, 5.74) is 2.79. The second-order valence-corrected chi connectivity index (χ2v) is 5.18. The summed E-state index contributed by atoms with van der Waals surface area (Å²) in [5, 5.41) is 1.11. The van der Waals surface area contributed by atoms with E-state index in [1.54, 1.807) is 6.07 Å². The third-order valence-electron chi connectivity index (χ3n) is 2.81. The van der Waals surface area contributed by atoms with Crippen LogP contribution >= 0.6 is 22.6 Å². The van der Waals surface area contributed by atoms with Crippen LogP contribution in [0.4, 0.5) is 4.39 Å². The summed E-state index contributed by atoms with van der Waals surface area (Å²) in [5.74, 6) is -0.219. The second kappa shape index (κ2) is 4.65. The first-order chi connectivity index (χ1) is 8.74. The minimum Gasteiger partial charge on any atom is -0.248 e. The lowest BCUT2D eigenvalue weighted by Crippen LogP contribution is -1.89. The Morgan fingerprint density at radius 3 is 2.61 bits per heavy atom. The summed E-state index contributed by atoms with van der Waals surface area (Å²) in [6, 6.07) is 16.7.